The maximum atomic E-state index is 13.1. The lowest BCUT2D eigenvalue weighted by Gasteiger charge is -2.34. The first-order chi connectivity index (χ1) is 21.1. The number of hydrogen-bond acceptors (Lipinski definition) is 8. The Hall–Kier alpha value is -2.96. The van der Waals surface area contributed by atoms with E-state index in [1.54, 1.807) is 27.0 Å². The van der Waals surface area contributed by atoms with Gasteiger partial charge in [0.05, 0.1) is 6.10 Å². The van der Waals surface area contributed by atoms with Gasteiger partial charge in [-0.1, -0.05) is 72.9 Å². The molecule has 1 aromatic carbocycles. The first-order valence-corrected chi connectivity index (χ1v) is 15.9. The molecule has 3 amide bonds. The van der Waals surface area contributed by atoms with Gasteiger partial charge < -0.3 is 20.5 Å². The first-order valence-electron chi connectivity index (χ1n) is 14.8. The van der Waals surface area contributed by atoms with E-state index in [9.17, 15) is 24.3 Å². The average molecular weight is 685 g/mol. The second-order valence-electron chi connectivity index (χ2n) is 11.4. The number of ether oxygens (including phenoxy) is 1. The third-order valence-electron chi connectivity index (χ3n) is 7.24. The number of aryl methyl sites for hydroxylation is 1. The van der Waals surface area contributed by atoms with Gasteiger partial charge in [-0.05, 0) is 62.3 Å². The maximum absolute atomic E-state index is 13.1. The number of halogens is 3. The molecular formula is C31H40Cl3N5O6. The molecule has 14 heteroatoms. The molecule has 4 atom stereocenters. The largest absolute Gasteiger partial charge is 0.460 e. The second-order valence-corrected chi connectivity index (χ2v) is 13.9. The number of esters is 1. The molecule has 1 fully saturated rings. The molecule has 3 rings (SSSR count). The number of aliphatic hydroxyl groups excluding tert-OH is 1. The lowest BCUT2D eigenvalue weighted by molar-refractivity contribution is -0.152. The molecule has 1 aromatic heterocycles. The van der Waals surface area contributed by atoms with Crippen LogP contribution in [0.15, 0.2) is 42.6 Å². The third kappa shape index (κ3) is 11.4. The zero-order valence-corrected chi connectivity index (χ0v) is 28.0. The van der Waals surface area contributed by atoms with Gasteiger partial charge >= 0.3 is 5.97 Å². The van der Waals surface area contributed by atoms with Crippen LogP contribution in [0, 0.1) is 5.92 Å². The number of amides is 3. The van der Waals surface area contributed by atoms with Gasteiger partial charge in [-0.2, -0.15) is 0 Å². The Labute approximate surface area is 278 Å². The van der Waals surface area contributed by atoms with Crippen molar-refractivity contribution in [2.45, 2.75) is 81.4 Å². The van der Waals surface area contributed by atoms with Gasteiger partial charge in [0.15, 0.2) is 0 Å². The van der Waals surface area contributed by atoms with E-state index in [1.807, 2.05) is 36.4 Å². The Morgan fingerprint density at radius 1 is 1.09 bits per heavy atom. The summed E-state index contributed by atoms with van der Waals surface area (Å²) in [5, 5.41) is 16.6. The number of carbonyl (C=O) groups excluding carboxylic acids is 4. The van der Waals surface area contributed by atoms with Crippen LogP contribution in [0.2, 0.25) is 0 Å². The van der Waals surface area contributed by atoms with Gasteiger partial charge in [0.2, 0.25) is 15.6 Å². The SMILES string of the molecule is CC(O)c1cccc(-c2ccc(CCC(=O)N[C@H](C(=O)N[C@@H](C)C(=O)N3CCC[C@@H](C(=O)OCC(Cl)(Cl)Cl)N3)C(C)C)nc2)c1. The zero-order chi connectivity index (χ0) is 33.3. The molecule has 4 N–H and O–H groups in total. The Morgan fingerprint density at radius 2 is 1.82 bits per heavy atom. The van der Waals surface area contributed by atoms with Gasteiger partial charge in [-0.15, -0.1) is 0 Å². The first kappa shape index (κ1) is 36.5. The second kappa shape index (κ2) is 16.6. The van der Waals surface area contributed by atoms with Crippen LogP contribution in [0.25, 0.3) is 11.1 Å². The van der Waals surface area contributed by atoms with Crippen LogP contribution in [0.4, 0.5) is 0 Å². The van der Waals surface area contributed by atoms with E-state index in [4.69, 9.17) is 39.5 Å². The highest BCUT2D eigenvalue weighted by Gasteiger charge is 2.34. The van der Waals surface area contributed by atoms with E-state index in [2.05, 4.69) is 21.0 Å². The molecule has 1 unspecified atom stereocenters. The molecule has 0 aliphatic carbocycles. The van der Waals surface area contributed by atoms with Crippen LogP contribution >= 0.6 is 34.8 Å². The summed E-state index contributed by atoms with van der Waals surface area (Å²) in [5.74, 6) is -2.20. The number of alkyl halides is 3. The summed E-state index contributed by atoms with van der Waals surface area (Å²) in [4.78, 5) is 55.8. The van der Waals surface area contributed by atoms with Gasteiger partial charge in [0.25, 0.3) is 5.91 Å². The number of hydrazine groups is 1. The van der Waals surface area contributed by atoms with E-state index in [0.717, 1.165) is 16.7 Å². The van der Waals surface area contributed by atoms with Crippen molar-refractivity contribution in [2.24, 2.45) is 5.92 Å². The molecule has 11 nitrogen and oxygen atoms in total. The molecule has 1 saturated heterocycles. The smallest absolute Gasteiger partial charge is 0.325 e. The van der Waals surface area contributed by atoms with E-state index in [0.29, 0.717) is 31.5 Å². The normalized spacial score (nSPS) is 17.3. The zero-order valence-electron chi connectivity index (χ0n) is 25.7. The number of nitrogens with zero attached hydrogens (tertiary/aromatic N) is 2. The molecule has 1 aliphatic rings. The van der Waals surface area contributed by atoms with Gasteiger partial charge in [-0.3, -0.25) is 29.2 Å². The minimum atomic E-state index is -1.75. The Balaban J connectivity index is 1.50. The van der Waals surface area contributed by atoms with Crippen LogP contribution in [0.1, 0.15) is 64.3 Å². The van der Waals surface area contributed by atoms with E-state index in [-0.39, 0.29) is 18.2 Å². The van der Waals surface area contributed by atoms with E-state index in [1.165, 1.54) is 11.9 Å². The van der Waals surface area contributed by atoms with Gasteiger partial charge in [0.1, 0.15) is 24.7 Å². The molecule has 0 radical (unpaired) electrons. The van der Waals surface area contributed by atoms with Crippen molar-refractivity contribution in [3.63, 3.8) is 0 Å². The summed E-state index contributed by atoms with van der Waals surface area (Å²) in [7, 11) is 0. The highest BCUT2D eigenvalue weighted by molar-refractivity contribution is 6.67. The van der Waals surface area contributed by atoms with Crippen molar-refractivity contribution in [3.8, 4) is 11.1 Å². The topological polar surface area (TPSA) is 150 Å². The highest BCUT2D eigenvalue weighted by Crippen LogP contribution is 2.26. The van der Waals surface area contributed by atoms with E-state index >= 15 is 0 Å². The number of aliphatic hydroxyl groups is 1. The fraction of sp³-hybridized carbons (Fsp3) is 0.516. The molecule has 0 saturated carbocycles. The van der Waals surface area contributed by atoms with Crippen LogP contribution in [0.5, 0.6) is 0 Å². The van der Waals surface area contributed by atoms with Crippen molar-refractivity contribution in [1.29, 1.82) is 0 Å². The summed E-state index contributed by atoms with van der Waals surface area (Å²) in [5.41, 5.74) is 6.17. The van der Waals surface area contributed by atoms with Crippen LogP contribution in [-0.4, -0.2) is 73.9 Å². The van der Waals surface area contributed by atoms with Crippen LogP contribution < -0.4 is 16.1 Å². The molecule has 2 aromatic rings. The summed E-state index contributed by atoms with van der Waals surface area (Å²) in [6, 6.07) is 8.72. The average Bonchev–Trinajstić information content (AvgIpc) is 3.00. The monoisotopic (exact) mass is 683 g/mol. The van der Waals surface area contributed by atoms with Crippen molar-refractivity contribution in [2.75, 3.05) is 13.2 Å². The number of benzene rings is 1. The van der Waals surface area contributed by atoms with E-state index < -0.39 is 52.4 Å². The Kier molecular flexibility index (Phi) is 13.4. The number of nitrogens with one attached hydrogen (secondary N) is 3. The van der Waals surface area contributed by atoms with Crippen molar-refractivity contribution in [1.82, 2.24) is 26.1 Å². The molecule has 1 aliphatic heterocycles. The summed E-state index contributed by atoms with van der Waals surface area (Å²) >= 11 is 16.9. The van der Waals surface area contributed by atoms with Gasteiger partial charge in [-0.25, -0.2) is 5.43 Å². The molecule has 2 heterocycles. The molecule has 0 spiro atoms. The molecule has 45 heavy (non-hydrogen) atoms. The molecule has 0 bridgehead atoms. The number of aromatic nitrogens is 1. The molecule has 246 valence electrons. The summed E-state index contributed by atoms with van der Waals surface area (Å²) in [6.07, 6.45) is 2.57. The molecular weight excluding hydrogens is 645 g/mol. The minimum absolute atomic E-state index is 0.113. The summed E-state index contributed by atoms with van der Waals surface area (Å²) in [6.45, 7) is 6.72. The number of rotatable bonds is 12. The standard InChI is InChI=1S/C31H40Cl3N5O6/c1-18(2)27(28(42)36-19(3)29(43)39-14-6-9-25(38-39)30(44)45-17-31(32,33)34)37-26(41)13-12-24-11-10-23(16-35-24)22-8-5-7-21(15-22)20(4)40/h5,7-8,10-11,15-16,18-20,25,27,38,40H,6,9,12-14,17H2,1-4H3,(H,36,42)(H,37,41)/t19-,20?,25-,27-/m0/s1. The predicted molar refractivity (Wildman–Crippen MR) is 172 cm³/mol. The van der Waals surface area contributed by atoms with Gasteiger partial charge in [0, 0.05) is 30.4 Å². The fourth-order valence-corrected chi connectivity index (χ4v) is 4.87. The quantitative estimate of drug-likeness (QED) is 0.195. The number of pyridine rings is 1. The van der Waals surface area contributed by atoms with Crippen molar-refractivity contribution < 1.29 is 29.0 Å². The maximum Gasteiger partial charge on any atom is 0.325 e. The third-order valence-corrected chi connectivity index (χ3v) is 7.57. The van der Waals surface area contributed by atoms with Crippen LogP contribution in [-0.2, 0) is 30.3 Å². The number of hydrogen-bond donors (Lipinski definition) is 4. The predicted octanol–water partition coefficient (Wildman–Crippen LogP) is 3.79. The highest BCUT2D eigenvalue weighted by atomic mass is 35.6. The summed E-state index contributed by atoms with van der Waals surface area (Å²) < 4.78 is 3.27. The fourth-order valence-electron chi connectivity index (χ4n) is 4.71. The minimum Gasteiger partial charge on any atom is -0.460 e. The van der Waals surface area contributed by atoms with Crippen LogP contribution in [0.3, 0.4) is 0 Å². The Morgan fingerprint density at radius 3 is 2.44 bits per heavy atom. The lowest BCUT2D eigenvalue weighted by Crippen LogP contribution is -2.61. The number of carbonyl (C=O) groups is 4. The Bertz CT molecular complexity index is 1340. The lowest BCUT2D eigenvalue weighted by atomic mass is 10.0. The van der Waals surface area contributed by atoms with Crippen molar-refractivity contribution in [3.05, 3.63) is 53.9 Å². The van der Waals surface area contributed by atoms with Crippen molar-refractivity contribution >= 4 is 58.5 Å².